The highest BCUT2D eigenvalue weighted by Crippen LogP contribution is 2.29. The van der Waals surface area contributed by atoms with E-state index in [1.807, 2.05) is 74.5 Å². The molecule has 0 aliphatic heterocycles. The second-order valence-electron chi connectivity index (χ2n) is 21.2. The smallest absolute Gasteiger partial charge is 0.451 e. The van der Waals surface area contributed by atoms with Gasteiger partial charge in [-0.05, 0) is 110 Å². The van der Waals surface area contributed by atoms with E-state index in [1.54, 1.807) is 62.4 Å². The Balaban J connectivity index is 0.902. The Morgan fingerprint density at radius 3 is 1.26 bits per heavy atom. The molecule has 6 N–H and O–H groups in total. The first-order chi connectivity index (χ1) is 43.6. The number of nitrogens with zero attached hydrogens (tertiary/aromatic N) is 2. The zero-order valence-corrected chi connectivity index (χ0v) is 52.7. The Hall–Kier alpha value is -8.86. The van der Waals surface area contributed by atoms with E-state index in [0.717, 1.165) is 49.7 Å². The predicted octanol–water partition coefficient (Wildman–Crippen LogP) is 10.3. The molecule has 6 rings (SSSR count). The molecule has 0 spiro atoms. The SMILES string of the molecule is CCCCC[C@@H](C(=O)NCNC(=O)c1ccc(-c2ccc(C(=O)NCO[P+](=O)OCNC(=O)c3ccc(-c4ccc(C(=O)NCNC(=O)[C@H](CCCCC)[C@@H](CC)N(C=O)OCc5ccccc5)o4)cc3C)c(C)c2)o1)[C@@H](CC)N(C=O)OCc1ccccc1. The summed E-state index contributed by atoms with van der Waals surface area (Å²) in [6.45, 7) is 10.2. The molecule has 90 heavy (non-hydrogen) atoms. The summed E-state index contributed by atoms with van der Waals surface area (Å²) in [4.78, 5) is 116. The molecule has 0 saturated heterocycles. The van der Waals surface area contributed by atoms with Crippen LogP contribution in [0, 0.1) is 25.7 Å². The highest BCUT2D eigenvalue weighted by molar-refractivity contribution is 7.33. The molecule has 23 nitrogen and oxygen atoms in total. The molecule has 2 aromatic heterocycles. The van der Waals surface area contributed by atoms with Crippen LogP contribution in [0.2, 0.25) is 0 Å². The lowest BCUT2D eigenvalue weighted by Gasteiger charge is -2.32. The summed E-state index contributed by atoms with van der Waals surface area (Å²) in [5.41, 5.74) is 4.55. The Morgan fingerprint density at radius 1 is 0.500 bits per heavy atom. The molecule has 24 heteroatoms. The predicted molar refractivity (Wildman–Crippen MR) is 335 cm³/mol. The summed E-state index contributed by atoms with van der Waals surface area (Å²) in [5, 5.41) is 18.4. The molecule has 0 fully saturated rings. The van der Waals surface area contributed by atoms with Gasteiger partial charge in [0.2, 0.25) is 24.6 Å². The van der Waals surface area contributed by atoms with Crippen molar-refractivity contribution in [1.29, 1.82) is 0 Å². The van der Waals surface area contributed by atoms with Gasteiger partial charge in [0.25, 0.3) is 23.6 Å². The molecule has 0 aliphatic carbocycles. The van der Waals surface area contributed by atoms with Crippen molar-refractivity contribution >= 4 is 56.5 Å². The molecule has 480 valence electrons. The van der Waals surface area contributed by atoms with E-state index in [0.29, 0.717) is 72.3 Å². The topological polar surface area (TPSA) is 295 Å². The number of hydrogen-bond acceptors (Lipinski definition) is 15. The van der Waals surface area contributed by atoms with Crippen molar-refractivity contribution in [2.75, 3.05) is 26.8 Å². The number of hydroxylamine groups is 4. The maximum Gasteiger partial charge on any atom is 0.701 e. The molecule has 2 heterocycles. The van der Waals surface area contributed by atoms with E-state index in [1.165, 1.54) is 22.3 Å². The quantitative estimate of drug-likeness (QED) is 0.00685. The first-order valence-corrected chi connectivity index (χ1v) is 31.4. The molecule has 0 radical (unpaired) electrons. The minimum atomic E-state index is -2.78. The number of carbonyl (C=O) groups is 8. The van der Waals surface area contributed by atoms with Crippen LogP contribution in [0.3, 0.4) is 0 Å². The fraction of sp³-hybridized carbons (Fsp3) is 0.394. The highest BCUT2D eigenvalue weighted by atomic mass is 31.1. The van der Waals surface area contributed by atoms with Crippen LogP contribution in [0.4, 0.5) is 0 Å². The zero-order valence-electron chi connectivity index (χ0n) is 51.8. The molecule has 8 amide bonds. The summed E-state index contributed by atoms with van der Waals surface area (Å²) in [6.07, 6.45) is 8.37. The number of unbranched alkanes of at least 4 members (excludes halogenated alkanes) is 4. The Morgan fingerprint density at radius 2 is 0.900 bits per heavy atom. The monoisotopic (exact) mass is 1260 g/mol. The lowest BCUT2D eigenvalue weighted by molar-refractivity contribution is -0.200. The van der Waals surface area contributed by atoms with Crippen molar-refractivity contribution in [3.05, 3.63) is 166 Å². The molecular weight excluding hydrogens is 1180 g/mol. The van der Waals surface area contributed by atoms with Crippen molar-refractivity contribution < 1.29 is 70.5 Å². The third-order valence-corrected chi connectivity index (χ3v) is 15.7. The minimum absolute atomic E-state index is 0.0156. The molecule has 0 saturated carbocycles. The van der Waals surface area contributed by atoms with Gasteiger partial charge in [0.05, 0.1) is 37.3 Å². The van der Waals surface area contributed by atoms with Gasteiger partial charge < -0.3 is 40.7 Å². The van der Waals surface area contributed by atoms with Crippen LogP contribution in [-0.4, -0.2) is 97.3 Å². The maximum atomic E-state index is 13.6. The lowest BCUT2D eigenvalue weighted by Crippen LogP contribution is -2.48. The number of aryl methyl sites for hydroxylation is 2. The minimum Gasteiger partial charge on any atom is -0.451 e. The third kappa shape index (κ3) is 21.2. The number of furan rings is 2. The molecule has 4 atom stereocenters. The normalized spacial score (nSPS) is 12.3. The number of amides is 8. The van der Waals surface area contributed by atoms with E-state index in [9.17, 15) is 42.9 Å². The largest absolute Gasteiger partial charge is 0.701 e. The number of benzene rings is 4. The Kier molecular flexibility index (Phi) is 29.0. The van der Waals surface area contributed by atoms with E-state index >= 15 is 0 Å². The van der Waals surface area contributed by atoms with Crippen molar-refractivity contribution in [3.63, 3.8) is 0 Å². The van der Waals surface area contributed by atoms with Gasteiger partial charge in [-0.3, -0.25) is 48.0 Å². The average Bonchev–Trinajstić information content (AvgIpc) is 2.35. The number of nitrogens with one attached hydrogen (secondary N) is 6. The fourth-order valence-electron chi connectivity index (χ4n) is 10.1. The maximum absolute atomic E-state index is 13.6. The first kappa shape index (κ1) is 70.2. The number of hydrogen-bond donors (Lipinski definition) is 6. The molecule has 4 aromatic carbocycles. The summed E-state index contributed by atoms with van der Waals surface area (Å²) < 4.78 is 34.6. The molecule has 6 aromatic rings. The van der Waals surface area contributed by atoms with E-state index in [4.69, 9.17) is 27.6 Å². The van der Waals surface area contributed by atoms with Gasteiger partial charge >= 0.3 is 8.25 Å². The van der Waals surface area contributed by atoms with Crippen LogP contribution in [0.25, 0.3) is 22.6 Å². The van der Waals surface area contributed by atoms with Gasteiger partial charge in [-0.15, -0.1) is 0 Å². The van der Waals surface area contributed by atoms with Crippen molar-refractivity contribution in [2.45, 2.75) is 131 Å². The molecule has 0 aliphatic rings. The molecule has 0 unspecified atom stereocenters. The van der Waals surface area contributed by atoms with E-state index in [2.05, 4.69) is 45.7 Å². The van der Waals surface area contributed by atoms with Crippen molar-refractivity contribution in [1.82, 2.24) is 42.0 Å². The van der Waals surface area contributed by atoms with Crippen LogP contribution < -0.4 is 31.9 Å². The van der Waals surface area contributed by atoms with Crippen LogP contribution in [0.15, 0.2) is 130 Å². The summed E-state index contributed by atoms with van der Waals surface area (Å²) >= 11 is 0. The van der Waals surface area contributed by atoms with Gasteiger partial charge in [-0.1, -0.05) is 148 Å². The third-order valence-electron chi connectivity index (χ3n) is 15.0. The number of carbonyl (C=O) groups excluding carboxylic acids is 8. The first-order valence-electron chi connectivity index (χ1n) is 30.3. The molecular formula is C66H82N8O15P+. The van der Waals surface area contributed by atoms with Crippen LogP contribution in [0.5, 0.6) is 0 Å². The second kappa shape index (κ2) is 37.2. The van der Waals surface area contributed by atoms with Gasteiger partial charge in [-0.25, -0.2) is 10.1 Å². The van der Waals surface area contributed by atoms with E-state index < -0.39 is 69.3 Å². The Bertz CT molecular complexity index is 3110. The highest BCUT2D eigenvalue weighted by Gasteiger charge is 2.34. The van der Waals surface area contributed by atoms with Gasteiger partial charge in [-0.2, -0.15) is 0 Å². The Labute approximate surface area is 525 Å². The van der Waals surface area contributed by atoms with Crippen molar-refractivity contribution in [3.8, 4) is 22.6 Å². The summed E-state index contributed by atoms with van der Waals surface area (Å²) in [5.74, 6) is -3.44. The van der Waals surface area contributed by atoms with Crippen molar-refractivity contribution in [2.24, 2.45) is 11.8 Å². The van der Waals surface area contributed by atoms with Gasteiger partial charge in [0, 0.05) is 26.8 Å². The van der Waals surface area contributed by atoms with Gasteiger partial charge in [0.1, 0.15) is 24.7 Å². The summed E-state index contributed by atoms with van der Waals surface area (Å²) in [7, 11) is -2.78. The van der Waals surface area contributed by atoms with Crippen LogP contribution >= 0.6 is 8.25 Å². The summed E-state index contributed by atoms with van der Waals surface area (Å²) in [6, 6.07) is 33.7. The van der Waals surface area contributed by atoms with E-state index in [-0.39, 0.29) is 61.0 Å². The second-order valence-corrected chi connectivity index (χ2v) is 22.2. The zero-order chi connectivity index (χ0) is 64.8. The average molecular weight is 1260 g/mol. The van der Waals surface area contributed by atoms with Crippen LogP contribution in [-0.2, 0) is 55.7 Å². The van der Waals surface area contributed by atoms with Gasteiger partial charge in [0.15, 0.2) is 25.0 Å². The number of rotatable bonds is 40. The lowest BCUT2D eigenvalue weighted by atomic mass is 9.90. The fourth-order valence-corrected chi connectivity index (χ4v) is 10.5. The molecule has 0 bridgehead atoms. The standard InChI is InChI=1S/C66H81N8O15P/c1-7-11-15-25-53(55(9-3)73(43-75)84-37-47-21-17-13-18-22-47)63(79)67-39-69-65(81)59-33-31-57(88-59)49-27-29-51(45(5)35-49)61(77)71-41-86-90(83)87-42-72-62(78)52-30-28-50(36-46(52)6)58-32-34-60(89-58)66(82)70-40-68-64(80)54(26-16-12-8-2)56(10-4)74(44-76)85-38-48-23-19-14-20-24-48/h13-14,17-24,27-36,43-44,53-56H,7-12,15-16,25-26,37-42H2,1-6H3,(H5-,67,68,69,70,71,72,77,78,79,80,81,82)/p+1/t53-,54-,55-,56-/m1/s1. The van der Waals surface area contributed by atoms with Crippen LogP contribution in [0.1, 0.15) is 156 Å².